The van der Waals surface area contributed by atoms with E-state index in [-0.39, 0.29) is 5.91 Å². The second-order valence-corrected chi connectivity index (χ2v) is 7.35. The van der Waals surface area contributed by atoms with E-state index in [0.29, 0.717) is 11.5 Å². The van der Waals surface area contributed by atoms with E-state index in [2.05, 4.69) is 25.7 Å². The van der Waals surface area contributed by atoms with E-state index in [1.54, 1.807) is 36.3 Å². The van der Waals surface area contributed by atoms with Crippen molar-refractivity contribution in [3.05, 3.63) is 77.9 Å². The Bertz CT molecular complexity index is 1250. The minimum absolute atomic E-state index is 0.205. The maximum absolute atomic E-state index is 12.8. The van der Waals surface area contributed by atoms with E-state index in [4.69, 9.17) is 4.74 Å². The number of aryl methyl sites for hydroxylation is 2. The molecule has 0 unspecified atom stereocenters. The SMILES string of the molecule is COc1ccc(-c2cnc(Nc3cccc(C(=O)Nc4c(C)nn(C)c4C)c3)nc2)cc1. The van der Waals surface area contributed by atoms with Crippen LogP contribution in [0.5, 0.6) is 5.75 Å². The topological polar surface area (TPSA) is 94.0 Å². The maximum Gasteiger partial charge on any atom is 0.255 e. The predicted octanol–water partition coefficient (Wildman–Crippen LogP) is 4.50. The Balaban J connectivity index is 1.47. The average Bonchev–Trinajstić information content (AvgIpc) is 3.05. The van der Waals surface area contributed by atoms with E-state index >= 15 is 0 Å². The third kappa shape index (κ3) is 4.44. The Morgan fingerprint density at radius 2 is 1.72 bits per heavy atom. The molecule has 0 atom stereocenters. The summed E-state index contributed by atoms with van der Waals surface area (Å²) in [5, 5.41) is 10.4. The van der Waals surface area contributed by atoms with Crippen molar-refractivity contribution in [3.63, 3.8) is 0 Å². The van der Waals surface area contributed by atoms with Crippen LogP contribution < -0.4 is 15.4 Å². The number of hydrogen-bond acceptors (Lipinski definition) is 6. The van der Waals surface area contributed by atoms with Crippen LogP contribution in [0.4, 0.5) is 17.3 Å². The molecule has 0 aliphatic heterocycles. The average molecular weight is 428 g/mol. The number of ether oxygens (including phenoxy) is 1. The van der Waals surface area contributed by atoms with Gasteiger partial charge in [0.2, 0.25) is 5.95 Å². The van der Waals surface area contributed by atoms with E-state index in [0.717, 1.165) is 39.6 Å². The van der Waals surface area contributed by atoms with Crippen LogP contribution in [0.15, 0.2) is 60.9 Å². The zero-order chi connectivity index (χ0) is 22.7. The second-order valence-electron chi connectivity index (χ2n) is 7.35. The Labute approximate surface area is 186 Å². The zero-order valence-electron chi connectivity index (χ0n) is 18.4. The second kappa shape index (κ2) is 8.89. The van der Waals surface area contributed by atoms with E-state index in [1.165, 1.54) is 0 Å². The van der Waals surface area contributed by atoms with Crippen LogP contribution in [0, 0.1) is 13.8 Å². The third-order valence-corrected chi connectivity index (χ3v) is 5.20. The molecule has 2 aromatic carbocycles. The molecule has 2 heterocycles. The Hall–Kier alpha value is -4.20. The molecule has 4 rings (SSSR count). The molecule has 0 saturated carbocycles. The summed E-state index contributed by atoms with van der Waals surface area (Å²) in [7, 11) is 3.49. The molecule has 4 aromatic rings. The summed E-state index contributed by atoms with van der Waals surface area (Å²) in [5.41, 5.74) is 5.54. The minimum atomic E-state index is -0.205. The van der Waals surface area contributed by atoms with Crippen molar-refractivity contribution in [2.75, 3.05) is 17.7 Å². The fourth-order valence-electron chi connectivity index (χ4n) is 3.33. The number of hydrogen-bond donors (Lipinski definition) is 2. The van der Waals surface area contributed by atoms with Crippen molar-refractivity contribution in [1.29, 1.82) is 0 Å². The highest BCUT2D eigenvalue weighted by atomic mass is 16.5. The van der Waals surface area contributed by atoms with Gasteiger partial charge in [0.15, 0.2) is 0 Å². The van der Waals surface area contributed by atoms with Crippen molar-refractivity contribution in [3.8, 4) is 16.9 Å². The van der Waals surface area contributed by atoms with Crippen LogP contribution in [-0.2, 0) is 7.05 Å². The van der Waals surface area contributed by atoms with Crippen LogP contribution in [0.2, 0.25) is 0 Å². The zero-order valence-corrected chi connectivity index (χ0v) is 18.4. The molecule has 0 aliphatic carbocycles. The number of rotatable bonds is 6. The first-order valence-corrected chi connectivity index (χ1v) is 10.1. The van der Waals surface area contributed by atoms with Gasteiger partial charge in [-0.15, -0.1) is 0 Å². The number of benzene rings is 2. The van der Waals surface area contributed by atoms with Crippen LogP contribution in [0.25, 0.3) is 11.1 Å². The molecule has 0 spiro atoms. The van der Waals surface area contributed by atoms with Gasteiger partial charge in [0, 0.05) is 36.3 Å². The molecule has 0 aliphatic rings. The molecule has 0 bridgehead atoms. The number of amides is 1. The Kier molecular flexibility index (Phi) is 5.85. The fraction of sp³-hybridized carbons (Fsp3) is 0.167. The number of methoxy groups -OCH3 is 1. The first-order chi connectivity index (χ1) is 15.4. The van der Waals surface area contributed by atoms with Gasteiger partial charge in [-0.2, -0.15) is 5.10 Å². The Morgan fingerprint density at radius 1 is 1.00 bits per heavy atom. The van der Waals surface area contributed by atoms with Gasteiger partial charge in [-0.25, -0.2) is 9.97 Å². The normalized spacial score (nSPS) is 10.6. The van der Waals surface area contributed by atoms with Crippen molar-refractivity contribution in [2.45, 2.75) is 13.8 Å². The van der Waals surface area contributed by atoms with E-state index in [9.17, 15) is 4.79 Å². The van der Waals surface area contributed by atoms with Gasteiger partial charge in [-0.05, 0) is 49.7 Å². The summed E-state index contributed by atoms with van der Waals surface area (Å²) < 4.78 is 6.93. The van der Waals surface area contributed by atoms with Crippen LogP contribution >= 0.6 is 0 Å². The molecular formula is C24H24N6O2. The van der Waals surface area contributed by atoms with Gasteiger partial charge in [-0.1, -0.05) is 18.2 Å². The first kappa shape index (κ1) is 21.0. The molecule has 0 fully saturated rings. The van der Waals surface area contributed by atoms with Gasteiger partial charge in [0.05, 0.1) is 24.2 Å². The number of nitrogens with zero attached hydrogens (tertiary/aromatic N) is 4. The summed E-state index contributed by atoms with van der Waals surface area (Å²) in [6.45, 7) is 3.79. The minimum Gasteiger partial charge on any atom is -0.497 e. The summed E-state index contributed by atoms with van der Waals surface area (Å²) in [6.07, 6.45) is 3.50. The summed E-state index contributed by atoms with van der Waals surface area (Å²) in [5.74, 6) is 1.04. The fourth-order valence-corrected chi connectivity index (χ4v) is 3.33. The van der Waals surface area contributed by atoms with Gasteiger partial charge in [0.25, 0.3) is 5.91 Å². The Morgan fingerprint density at radius 3 is 2.34 bits per heavy atom. The van der Waals surface area contributed by atoms with Crippen molar-refractivity contribution in [1.82, 2.24) is 19.7 Å². The van der Waals surface area contributed by atoms with Crippen LogP contribution in [-0.4, -0.2) is 32.8 Å². The van der Waals surface area contributed by atoms with Gasteiger partial charge in [0.1, 0.15) is 5.75 Å². The summed E-state index contributed by atoms with van der Waals surface area (Å²) >= 11 is 0. The number of nitrogens with one attached hydrogen (secondary N) is 2. The van der Waals surface area contributed by atoms with E-state index in [1.807, 2.05) is 57.3 Å². The standard InChI is InChI=1S/C24H24N6O2/c1-15-22(16(2)30(3)29-15)28-23(31)18-6-5-7-20(12-18)27-24-25-13-19(14-26-24)17-8-10-21(32-4)11-9-17/h5-14H,1-4H3,(H,28,31)(H,25,26,27). The highest BCUT2D eigenvalue weighted by molar-refractivity contribution is 6.05. The van der Waals surface area contributed by atoms with Gasteiger partial charge < -0.3 is 15.4 Å². The molecule has 2 N–H and O–H groups in total. The lowest BCUT2D eigenvalue weighted by Crippen LogP contribution is -2.13. The van der Waals surface area contributed by atoms with Crippen LogP contribution in [0.1, 0.15) is 21.7 Å². The lowest BCUT2D eigenvalue weighted by atomic mass is 10.1. The van der Waals surface area contributed by atoms with Crippen LogP contribution in [0.3, 0.4) is 0 Å². The summed E-state index contributed by atoms with van der Waals surface area (Å²) in [4.78, 5) is 21.6. The number of carbonyl (C=O) groups excluding carboxylic acids is 1. The number of aromatic nitrogens is 4. The van der Waals surface area contributed by atoms with Gasteiger partial charge >= 0.3 is 0 Å². The lowest BCUT2D eigenvalue weighted by Gasteiger charge is -2.09. The van der Waals surface area contributed by atoms with Crippen molar-refractivity contribution in [2.24, 2.45) is 7.05 Å². The molecule has 0 radical (unpaired) electrons. The molecular weight excluding hydrogens is 404 g/mol. The maximum atomic E-state index is 12.8. The van der Waals surface area contributed by atoms with E-state index < -0.39 is 0 Å². The smallest absolute Gasteiger partial charge is 0.255 e. The molecule has 8 nitrogen and oxygen atoms in total. The summed E-state index contributed by atoms with van der Waals surface area (Å²) in [6, 6.07) is 14.9. The first-order valence-electron chi connectivity index (χ1n) is 10.1. The molecule has 2 aromatic heterocycles. The number of carbonyl (C=O) groups is 1. The molecule has 0 saturated heterocycles. The predicted molar refractivity (Wildman–Crippen MR) is 124 cm³/mol. The lowest BCUT2D eigenvalue weighted by molar-refractivity contribution is 0.102. The van der Waals surface area contributed by atoms with Gasteiger partial charge in [-0.3, -0.25) is 9.48 Å². The molecule has 32 heavy (non-hydrogen) atoms. The molecule has 1 amide bonds. The molecule has 162 valence electrons. The highest BCUT2D eigenvalue weighted by Crippen LogP contribution is 2.23. The molecule has 8 heteroatoms. The largest absolute Gasteiger partial charge is 0.497 e. The van der Waals surface area contributed by atoms with Crippen molar-refractivity contribution >= 4 is 23.2 Å². The van der Waals surface area contributed by atoms with Crippen molar-refractivity contribution < 1.29 is 9.53 Å². The highest BCUT2D eigenvalue weighted by Gasteiger charge is 2.14. The number of anilines is 3. The third-order valence-electron chi connectivity index (χ3n) is 5.20. The quantitative estimate of drug-likeness (QED) is 0.470. The monoisotopic (exact) mass is 428 g/mol.